The van der Waals surface area contributed by atoms with Crippen LogP contribution in [0.25, 0.3) is 0 Å². The van der Waals surface area contributed by atoms with Gasteiger partial charge in [-0.05, 0) is 17.7 Å². The van der Waals surface area contributed by atoms with Gasteiger partial charge in [-0.1, -0.05) is 18.2 Å². The van der Waals surface area contributed by atoms with E-state index in [-0.39, 0.29) is 5.92 Å². The molecule has 0 spiro atoms. The van der Waals surface area contributed by atoms with Gasteiger partial charge in [0.15, 0.2) is 0 Å². The van der Waals surface area contributed by atoms with E-state index in [1.54, 1.807) is 13.2 Å². The Labute approximate surface area is 119 Å². The number of hydrogen-bond donors (Lipinski definition) is 1. The van der Waals surface area contributed by atoms with Gasteiger partial charge < -0.3 is 19.9 Å². The number of hydrogen-bond acceptors (Lipinski definition) is 5. The van der Waals surface area contributed by atoms with Crippen molar-refractivity contribution in [1.82, 2.24) is 0 Å². The zero-order chi connectivity index (χ0) is 15.0. The molecule has 0 amide bonds. The van der Waals surface area contributed by atoms with Gasteiger partial charge in [0, 0.05) is 5.92 Å². The van der Waals surface area contributed by atoms with E-state index < -0.39 is 12.0 Å². The molecule has 2 N–H and O–H groups in total. The first-order valence-electron chi connectivity index (χ1n) is 6.29. The fraction of sp³-hybridized carbons (Fsp3) is 0.400. The molecule has 0 aromatic heterocycles. The van der Waals surface area contributed by atoms with E-state index in [0.717, 1.165) is 11.3 Å². The molecule has 20 heavy (non-hydrogen) atoms. The van der Waals surface area contributed by atoms with Crippen LogP contribution in [0, 0.1) is 5.92 Å². The second kappa shape index (κ2) is 8.35. The van der Waals surface area contributed by atoms with Gasteiger partial charge in [0.05, 0.1) is 27.4 Å². The number of methoxy groups -OCH3 is 2. The molecule has 0 aliphatic heterocycles. The van der Waals surface area contributed by atoms with Crippen molar-refractivity contribution in [3.63, 3.8) is 0 Å². The molecule has 1 aromatic rings. The number of esters is 1. The molecular weight excluding hydrogens is 258 g/mol. The van der Waals surface area contributed by atoms with E-state index in [9.17, 15) is 4.79 Å². The second-order valence-electron chi connectivity index (χ2n) is 4.31. The Kier molecular flexibility index (Phi) is 6.76. The molecule has 2 atom stereocenters. The lowest BCUT2D eigenvalue weighted by molar-refractivity contribution is -0.143. The fourth-order valence-electron chi connectivity index (χ4n) is 1.66. The molecule has 0 radical (unpaired) electrons. The summed E-state index contributed by atoms with van der Waals surface area (Å²) in [6, 6.07) is 6.81. The van der Waals surface area contributed by atoms with Gasteiger partial charge in [-0.25, -0.2) is 0 Å². The number of ether oxygens (including phenoxy) is 3. The highest BCUT2D eigenvalue weighted by Crippen LogP contribution is 2.13. The van der Waals surface area contributed by atoms with Crippen LogP contribution >= 0.6 is 0 Å². The lowest BCUT2D eigenvalue weighted by atomic mass is 10.0. The minimum atomic E-state index is -0.756. The van der Waals surface area contributed by atoms with Crippen LogP contribution in [0.1, 0.15) is 5.56 Å². The zero-order valence-electron chi connectivity index (χ0n) is 11.9. The van der Waals surface area contributed by atoms with E-state index in [4.69, 9.17) is 15.2 Å². The highest BCUT2D eigenvalue weighted by molar-refractivity contribution is 5.76. The third-order valence-corrected chi connectivity index (χ3v) is 2.98. The van der Waals surface area contributed by atoms with Crippen LogP contribution in [0.15, 0.2) is 36.9 Å². The first-order valence-corrected chi connectivity index (χ1v) is 6.29. The lowest BCUT2D eigenvalue weighted by Crippen LogP contribution is -2.40. The summed E-state index contributed by atoms with van der Waals surface area (Å²) in [5.74, 6) is 0.0501. The summed E-state index contributed by atoms with van der Waals surface area (Å²) in [6.45, 7) is 4.41. The molecule has 5 heteroatoms. The Morgan fingerprint density at radius 1 is 1.35 bits per heavy atom. The zero-order valence-corrected chi connectivity index (χ0v) is 11.9. The van der Waals surface area contributed by atoms with Crippen LogP contribution in [0.4, 0.5) is 0 Å². The maximum Gasteiger partial charge on any atom is 0.323 e. The summed E-state index contributed by atoms with van der Waals surface area (Å²) < 4.78 is 15.2. The predicted molar refractivity (Wildman–Crippen MR) is 76.3 cm³/mol. The summed E-state index contributed by atoms with van der Waals surface area (Å²) in [5, 5.41) is 0. The first kappa shape index (κ1) is 16.2. The van der Waals surface area contributed by atoms with Crippen molar-refractivity contribution in [3.8, 4) is 5.75 Å². The van der Waals surface area contributed by atoms with Crippen LogP contribution in [0.2, 0.25) is 0 Å². The standard InChI is InChI=1S/C15H21NO4/c1-4-12(14(16)15(17)19-3)10-20-9-11-5-7-13(18-2)8-6-11/h4-8,12,14H,1,9-10,16H2,2-3H3/t12-,14+/m1/s1. The second-order valence-corrected chi connectivity index (χ2v) is 4.31. The minimum absolute atomic E-state index is 0.277. The van der Waals surface area contributed by atoms with Crippen molar-refractivity contribution in [2.24, 2.45) is 11.7 Å². The molecule has 0 saturated heterocycles. The maximum absolute atomic E-state index is 11.4. The average molecular weight is 279 g/mol. The quantitative estimate of drug-likeness (QED) is 0.577. The van der Waals surface area contributed by atoms with Crippen molar-refractivity contribution < 1.29 is 19.0 Å². The SMILES string of the molecule is C=C[C@H](COCc1ccc(OC)cc1)[C@H](N)C(=O)OC. The predicted octanol–water partition coefficient (Wildman–Crippen LogP) is 1.51. The molecule has 1 rings (SSSR count). The maximum atomic E-state index is 11.4. The normalized spacial score (nSPS) is 13.3. The van der Waals surface area contributed by atoms with Gasteiger partial charge in [0.1, 0.15) is 11.8 Å². The fourth-order valence-corrected chi connectivity index (χ4v) is 1.66. The third-order valence-electron chi connectivity index (χ3n) is 2.98. The van der Waals surface area contributed by atoms with Crippen LogP contribution in [0.5, 0.6) is 5.75 Å². The highest BCUT2D eigenvalue weighted by atomic mass is 16.5. The van der Waals surface area contributed by atoms with Crippen molar-refractivity contribution in [2.45, 2.75) is 12.6 Å². The number of benzene rings is 1. The summed E-state index contributed by atoms with van der Waals surface area (Å²) in [5.41, 5.74) is 6.77. The van der Waals surface area contributed by atoms with Crippen molar-refractivity contribution >= 4 is 5.97 Å². The van der Waals surface area contributed by atoms with Gasteiger partial charge >= 0.3 is 5.97 Å². The molecule has 0 aliphatic carbocycles. The molecule has 0 aliphatic rings. The van der Waals surface area contributed by atoms with Crippen LogP contribution in [-0.2, 0) is 20.9 Å². The van der Waals surface area contributed by atoms with E-state index in [1.165, 1.54) is 7.11 Å². The summed E-state index contributed by atoms with van der Waals surface area (Å²) >= 11 is 0. The molecule has 0 bridgehead atoms. The van der Waals surface area contributed by atoms with Gasteiger partial charge in [0.25, 0.3) is 0 Å². The smallest absolute Gasteiger partial charge is 0.323 e. The van der Waals surface area contributed by atoms with Crippen LogP contribution in [0.3, 0.4) is 0 Å². The molecule has 0 saturated carbocycles. The largest absolute Gasteiger partial charge is 0.497 e. The molecule has 5 nitrogen and oxygen atoms in total. The molecule has 110 valence electrons. The Morgan fingerprint density at radius 3 is 2.50 bits per heavy atom. The minimum Gasteiger partial charge on any atom is -0.497 e. The third kappa shape index (κ3) is 4.68. The number of carbonyl (C=O) groups excluding carboxylic acids is 1. The Bertz CT molecular complexity index is 430. The van der Waals surface area contributed by atoms with Crippen LogP contribution in [-0.4, -0.2) is 32.8 Å². The van der Waals surface area contributed by atoms with E-state index in [0.29, 0.717) is 13.2 Å². The van der Waals surface area contributed by atoms with Crippen LogP contribution < -0.4 is 10.5 Å². The van der Waals surface area contributed by atoms with E-state index in [2.05, 4.69) is 11.3 Å². The summed E-state index contributed by atoms with van der Waals surface area (Å²) in [4.78, 5) is 11.4. The number of nitrogens with two attached hydrogens (primary N) is 1. The molecular formula is C15H21NO4. The topological polar surface area (TPSA) is 70.8 Å². The highest BCUT2D eigenvalue weighted by Gasteiger charge is 2.22. The van der Waals surface area contributed by atoms with Gasteiger partial charge in [-0.15, -0.1) is 6.58 Å². The van der Waals surface area contributed by atoms with Gasteiger partial charge in [-0.2, -0.15) is 0 Å². The number of rotatable bonds is 8. The van der Waals surface area contributed by atoms with Gasteiger partial charge in [-0.3, -0.25) is 4.79 Å². The summed E-state index contributed by atoms with van der Waals surface area (Å²) in [6.07, 6.45) is 1.61. The summed E-state index contributed by atoms with van der Waals surface area (Å²) in [7, 11) is 2.93. The van der Waals surface area contributed by atoms with Crippen molar-refractivity contribution in [1.29, 1.82) is 0 Å². The Balaban J connectivity index is 2.44. The van der Waals surface area contributed by atoms with E-state index in [1.807, 2.05) is 24.3 Å². The molecule has 0 fully saturated rings. The van der Waals surface area contributed by atoms with Crippen molar-refractivity contribution in [3.05, 3.63) is 42.5 Å². The van der Waals surface area contributed by atoms with Crippen molar-refractivity contribution in [2.75, 3.05) is 20.8 Å². The Morgan fingerprint density at radius 2 is 2.00 bits per heavy atom. The molecule has 1 aromatic carbocycles. The Hall–Kier alpha value is -1.85. The lowest BCUT2D eigenvalue weighted by Gasteiger charge is -2.18. The number of carbonyl (C=O) groups is 1. The molecule has 0 heterocycles. The molecule has 0 unspecified atom stereocenters. The monoisotopic (exact) mass is 279 g/mol. The average Bonchev–Trinajstić information content (AvgIpc) is 2.50. The van der Waals surface area contributed by atoms with E-state index >= 15 is 0 Å². The first-order chi connectivity index (χ1) is 9.62. The van der Waals surface area contributed by atoms with Gasteiger partial charge in [0.2, 0.25) is 0 Å².